The van der Waals surface area contributed by atoms with E-state index in [0.717, 1.165) is 50.8 Å². The Bertz CT molecular complexity index is 757. The third kappa shape index (κ3) is 4.83. The van der Waals surface area contributed by atoms with E-state index < -0.39 is 10.0 Å². The van der Waals surface area contributed by atoms with Crippen LogP contribution in [-0.4, -0.2) is 62.8 Å². The summed E-state index contributed by atoms with van der Waals surface area (Å²) in [7, 11) is -1.71. The minimum Gasteiger partial charge on any atom is -0.339 e. The number of piperidine rings is 2. The Hall–Kier alpha value is -1.15. The van der Waals surface area contributed by atoms with E-state index in [9.17, 15) is 13.2 Å². The van der Waals surface area contributed by atoms with Gasteiger partial charge in [0.15, 0.2) is 0 Å². The monoisotopic (exact) mass is 415 g/mol. The van der Waals surface area contributed by atoms with Crippen molar-refractivity contribution in [1.29, 1.82) is 0 Å². The van der Waals surface area contributed by atoms with Crippen molar-refractivity contribution < 1.29 is 13.2 Å². The molecule has 0 saturated carbocycles. The second-order valence-corrected chi connectivity index (χ2v) is 9.28. The first-order chi connectivity index (χ1) is 12.4. The summed E-state index contributed by atoms with van der Waals surface area (Å²) in [5, 5.41) is 3.30. The van der Waals surface area contributed by atoms with Crippen molar-refractivity contribution in [3.05, 3.63) is 29.3 Å². The second kappa shape index (κ2) is 9.37. The summed E-state index contributed by atoms with van der Waals surface area (Å²) in [4.78, 5) is 15.0. The molecule has 0 unspecified atom stereocenters. The van der Waals surface area contributed by atoms with Crippen LogP contribution in [-0.2, 0) is 10.0 Å². The van der Waals surface area contributed by atoms with Gasteiger partial charge < -0.3 is 10.2 Å². The molecule has 1 aromatic rings. The summed E-state index contributed by atoms with van der Waals surface area (Å²) >= 11 is 0. The Labute approximate surface area is 168 Å². The average molecular weight is 416 g/mol. The van der Waals surface area contributed by atoms with Crippen molar-refractivity contribution in [1.82, 2.24) is 14.5 Å². The van der Waals surface area contributed by atoms with Crippen molar-refractivity contribution in [2.45, 2.75) is 50.0 Å². The molecule has 27 heavy (non-hydrogen) atoms. The molecule has 2 fully saturated rings. The van der Waals surface area contributed by atoms with E-state index in [1.807, 2.05) is 14.0 Å². The van der Waals surface area contributed by atoms with Gasteiger partial charge in [0.2, 0.25) is 10.0 Å². The van der Waals surface area contributed by atoms with Crippen LogP contribution in [0.5, 0.6) is 0 Å². The smallest absolute Gasteiger partial charge is 0.254 e. The molecule has 0 radical (unpaired) electrons. The van der Waals surface area contributed by atoms with Crippen molar-refractivity contribution >= 4 is 28.3 Å². The van der Waals surface area contributed by atoms with Gasteiger partial charge in [0, 0.05) is 31.7 Å². The highest BCUT2D eigenvalue weighted by atomic mass is 35.5. The van der Waals surface area contributed by atoms with Crippen LogP contribution in [0.15, 0.2) is 23.1 Å². The van der Waals surface area contributed by atoms with Crippen LogP contribution in [0.25, 0.3) is 0 Å². The molecule has 0 atom stereocenters. The first kappa shape index (κ1) is 22.1. The summed E-state index contributed by atoms with van der Waals surface area (Å²) < 4.78 is 27.4. The standard InChI is InChI=1S/C19H29N3O3S.ClH/c1-15-6-7-17(26(24,25)22-12-4-3-5-13-22)14-18(15)19(23)21(2)16-8-10-20-11-9-16;/h6-7,14,16,20H,3-5,8-13H2,1-2H3;1H. The van der Waals surface area contributed by atoms with E-state index in [2.05, 4.69) is 5.32 Å². The average Bonchev–Trinajstić information content (AvgIpc) is 2.68. The molecule has 1 N–H and O–H groups in total. The number of benzene rings is 1. The van der Waals surface area contributed by atoms with Crippen molar-refractivity contribution in [3.8, 4) is 0 Å². The summed E-state index contributed by atoms with van der Waals surface area (Å²) in [5.41, 5.74) is 1.30. The topological polar surface area (TPSA) is 69.7 Å². The molecule has 0 aliphatic carbocycles. The highest BCUT2D eigenvalue weighted by Crippen LogP contribution is 2.24. The van der Waals surface area contributed by atoms with Crippen molar-refractivity contribution in [2.75, 3.05) is 33.2 Å². The van der Waals surface area contributed by atoms with Crippen LogP contribution in [0.2, 0.25) is 0 Å². The second-order valence-electron chi connectivity index (χ2n) is 7.34. The number of amides is 1. The lowest BCUT2D eigenvalue weighted by Gasteiger charge is -2.32. The number of nitrogens with one attached hydrogen (secondary N) is 1. The Morgan fingerprint density at radius 1 is 1.15 bits per heavy atom. The molecule has 1 amide bonds. The van der Waals surface area contributed by atoms with Gasteiger partial charge >= 0.3 is 0 Å². The normalized spacial score (nSPS) is 19.3. The number of hydrogen-bond donors (Lipinski definition) is 1. The Morgan fingerprint density at radius 2 is 1.78 bits per heavy atom. The van der Waals surface area contributed by atoms with Crippen LogP contribution >= 0.6 is 12.4 Å². The summed E-state index contributed by atoms with van der Waals surface area (Å²) in [6.45, 7) is 4.80. The quantitative estimate of drug-likeness (QED) is 0.819. The summed E-state index contributed by atoms with van der Waals surface area (Å²) in [6.07, 6.45) is 4.72. The zero-order valence-corrected chi connectivity index (χ0v) is 17.7. The largest absolute Gasteiger partial charge is 0.339 e. The minimum atomic E-state index is -3.53. The highest BCUT2D eigenvalue weighted by molar-refractivity contribution is 7.89. The first-order valence-electron chi connectivity index (χ1n) is 9.50. The van der Waals surface area contributed by atoms with Crippen molar-refractivity contribution in [2.24, 2.45) is 0 Å². The lowest BCUT2D eigenvalue weighted by molar-refractivity contribution is 0.0702. The van der Waals surface area contributed by atoms with Gasteiger partial charge in [-0.15, -0.1) is 12.4 Å². The number of carbonyl (C=O) groups is 1. The van der Waals surface area contributed by atoms with Crippen LogP contribution in [0.3, 0.4) is 0 Å². The van der Waals surface area contributed by atoms with Gasteiger partial charge in [0.1, 0.15) is 0 Å². The molecule has 0 spiro atoms. The van der Waals surface area contributed by atoms with Gasteiger partial charge in [-0.3, -0.25) is 4.79 Å². The molecular weight excluding hydrogens is 386 g/mol. The summed E-state index contributed by atoms with van der Waals surface area (Å²) in [5.74, 6) is -0.0925. The first-order valence-corrected chi connectivity index (χ1v) is 10.9. The number of halogens is 1. The van der Waals surface area contributed by atoms with E-state index in [4.69, 9.17) is 0 Å². The van der Waals surface area contributed by atoms with Gasteiger partial charge in [-0.25, -0.2) is 8.42 Å². The van der Waals surface area contributed by atoms with Gasteiger partial charge in [0.05, 0.1) is 4.90 Å². The van der Waals surface area contributed by atoms with E-state index in [1.54, 1.807) is 27.4 Å². The fraction of sp³-hybridized carbons (Fsp3) is 0.632. The number of rotatable bonds is 4. The predicted molar refractivity (Wildman–Crippen MR) is 109 cm³/mol. The number of carbonyl (C=O) groups excluding carboxylic acids is 1. The number of aryl methyl sites for hydroxylation is 1. The fourth-order valence-corrected chi connectivity index (χ4v) is 5.34. The molecule has 0 bridgehead atoms. The van der Waals surface area contributed by atoms with E-state index in [1.165, 1.54) is 0 Å². The molecule has 2 saturated heterocycles. The number of hydrogen-bond acceptors (Lipinski definition) is 4. The predicted octanol–water partition coefficient (Wildman–Crippen LogP) is 2.42. The molecule has 0 aromatic heterocycles. The maximum atomic E-state index is 13.0. The SMILES string of the molecule is Cc1ccc(S(=O)(=O)N2CCCCC2)cc1C(=O)N(C)C1CCNCC1.Cl. The molecule has 2 aliphatic heterocycles. The number of nitrogens with zero attached hydrogens (tertiary/aromatic N) is 2. The van der Waals surface area contributed by atoms with Crippen LogP contribution in [0.4, 0.5) is 0 Å². The zero-order chi connectivity index (χ0) is 18.7. The molecule has 3 rings (SSSR count). The lowest BCUT2D eigenvalue weighted by atomic mass is 10.0. The zero-order valence-electron chi connectivity index (χ0n) is 16.1. The fourth-order valence-electron chi connectivity index (χ4n) is 3.80. The molecule has 8 heteroatoms. The van der Waals surface area contributed by atoms with Crippen LogP contribution < -0.4 is 5.32 Å². The van der Waals surface area contributed by atoms with E-state index >= 15 is 0 Å². The van der Waals surface area contributed by atoms with Crippen LogP contribution in [0.1, 0.15) is 48.0 Å². The molecule has 2 heterocycles. The van der Waals surface area contributed by atoms with Crippen LogP contribution in [0, 0.1) is 6.92 Å². The third-order valence-corrected chi connectivity index (χ3v) is 7.46. The van der Waals surface area contributed by atoms with Gasteiger partial charge in [-0.05, 0) is 63.4 Å². The van der Waals surface area contributed by atoms with Gasteiger partial charge in [-0.1, -0.05) is 12.5 Å². The lowest BCUT2D eigenvalue weighted by Crippen LogP contribution is -2.44. The van der Waals surface area contributed by atoms with E-state index in [0.29, 0.717) is 18.7 Å². The molecule has 2 aliphatic rings. The number of sulfonamides is 1. The maximum Gasteiger partial charge on any atom is 0.254 e. The molecule has 152 valence electrons. The molecule has 6 nitrogen and oxygen atoms in total. The van der Waals surface area contributed by atoms with E-state index in [-0.39, 0.29) is 29.3 Å². The Morgan fingerprint density at radius 3 is 2.41 bits per heavy atom. The Balaban J connectivity index is 0.00000261. The third-order valence-electron chi connectivity index (χ3n) is 5.57. The minimum absolute atomic E-state index is 0. The molecule has 1 aromatic carbocycles. The van der Waals surface area contributed by atoms with Crippen molar-refractivity contribution in [3.63, 3.8) is 0 Å². The summed E-state index contributed by atoms with van der Waals surface area (Å²) in [6, 6.07) is 5.14. The maximum absolute atomic E-state index is 13.0. The van der Waals surface area contributed by atoms with Gasteiger partial charge in [-0.2, -0.15) is 4.31 Å². The molecular formula is C19H30ClN3O3S. The highest BCUT2D eigenvalue weighted by Gasteiger charge is 2.29. The Kier molecular flexibility index (Phi) is 7.68. The van der Waals surface area contributed by atoms with Gasteiger partial charge in [0.25, 0.3) is 5.91 Å².